The van der Waals surface area contributed by atoms with Crippen molar-refractivity contribution in [2.45, 2.75) is 26.2 Å². The van der Waals surface area contributed by atoms with Gasteiger partial charge in [0, 0.05) is 18.9 Å². The summed E-state index contributed by atoms with van der Waals surface area (Å²) in [7, 11) is 0. The molecule has 0 fully saturated rings. The zero-order chi connectivity index (χ0) is 13.8. The predicted octanol–water partition coefficient (Wildman–Crippen LogP) is 0.471. The predicted molar refractivity (Wildman–Crippen MR) is 67.4 cm³/mol. The molecular formula is C11H16N6O2. The standard InChI is InChI=1S/C11H16N6O2/c1-6(2)9-8(14-5-19-9)10(18)13-4-3-7-15-11(12)17-16-7/h5-6H,3-4H2,1-2H3,(H,13,18)(H3,12,15,16,17). The first-order chi connectivity index (χ1) is 9.08. The lowest BCUT2D eigenvalue weighted by atomic mass is 10.1. The van der Waals surface area contributed by atoms with Crippen LogP contribution in [0.4, 0.5) is 5.95 Å². The number of aromatic amines is 1. The molecule has 0 radical (unpaired) electrons. The molecule has 8 nitrogen and oxygen atoms in total. The number of hydrogen-bond donors (Lipinski definition) is 3. The molecule has 0 aliphatic rings. The van der Waals surface area contributed by atoms with E-state index in [9.17, 15) is 4.79 Å². The molecule has 2 aromatic rings. The summed E-state index contributed by atoms with van der Waals surface area (Å²) in [5.74, 6) is 1.26. The third-order valence-corrected chi connectivity index (χ3v) is 2.53. The van der Waals surface area contributed by atoms with Crippen LogP contribution in [0.15, 0.2) is 10.8 Å². The van der Waals surface area contributed by atoms with Gasteiger partial charge >= 0.3 is 0 Å². The summed E-state index contributed by atoms with van der Waals surface area (Å²) in [4.78, 5) is 19.8. The minimum Gasteiger partial charge on any atom is -0.447 e. The first kappa shape index (κ1) is 13.1. The highest BCUT2D eigenvalue weighted by molar-refractivity contribution is 5.93. The number of carbonyl (C=O) groups is 1. The molecule has 0 bridgehead atoms. The molecule has 0 unspecified atom stereocenters. The molecule has 2 heterocycles. The second-order valence-electron chi connectivity index (χ2n) is 4.37. The van der Waals surface area contributed by atoms with Gasteiger partial charge in [0.15, 0.2) is 12.1 Å². The molecule has 2 rings (SSSR count). The molecule has 0 aromatic carbocycles. The number of H-pyrrole nitrogens is 1. The van der Waals surface area contributed by atoms with Crippen LogP contribution in [0.3, 0.4) is 0 Å². The van der Waals surface area contributed by atoms with Gasteiger partial charge in [-0.25, -0.2) is 4.98 Å². The van der Waals surface area contributed by atoms with Crippen LogP contribution in [0.1, 0.15) is 41.8 Å². The number of rotatable bonds is 5. The molecule has 1 amide bonds. The summed E-state index contributed by atoms with van der Waals surface area (Å²) in [6.45, 7) is 4.29. The number of oxazole rings is 1. The first-order valence-electron chi connectivity index (χ1n) is 5.96. The summed E-state index contributed by atoms with van der Waals surface area (Å²) in [5, 5.41) is 9.12. The van der Waals surface area contributed by atoms with Crippen molar-refractivity contribution < 1.29 is 9.21 Å². The number of amides is 1. The van der Waals surface area contributed by atoms with Crippen molar-refractivity contribution in [1.29, 1.82) is 0 Å². The highest BCUT2D eigenvalue weighted by Gasteiger charge is 2.18. The smallest absolute Gasteiger partial charge is 0.273 e. The maximum atomic E-state index is 11.9. The minimum absolute atomic E-state index is 0.109. The molecule has 0 spiro atoms. The van der Waals surface area contributed by atoms with Gasteiger partial charge in [-0.3, -0.25) is 9.89 Å². The van der Waals surface area contributed by atoms with Gasteiger partial charge in [-0.05, 0) is 0 Å². The first-order valence-corrected chi connectivity index (χ1v) is 5.96. The van der Waals surface area contributed by atoms with Gasteiger partial charge in [0.1, 0.15) is 11.6 Å². The van der Waals surface area contributed by atoms with E-state index in [0.717, 1.165) is 0 Å². The number of nitrogens with zero attached hydrogens (tertiary/aromatic N) is 3. The average Bonchev–Trinajstić information content (AvgIpc) is 2.97. The van der Waals surface area contributed by atoms with E-state index in [1.54, 1.807) is 0 Å². The number of carbonyl (C=O) groups excluding carboxylic acids is 1. The topological polar surface area (TPSA) is 123 Å². The summed E-state index contributed by atoms with van der Waals surface area (Å²) in [5.41, 5.74) is 5.70. The normalized spacial score (nSPS) is 10.9. The van der Waals surface area contributed by atoms with Crippen LogP contribution in [0.2, 0.25) is 0 Å². The molecule has 0 atom stereocenters. The summed E-state index contributed by atoms with van der Waals surface area (Å²) in [6.07, 6.45) is 1.80. The highest BCUT2D eigenvalue weighted by atomic mass is 16.3. The fourth-order valence-corrected chi connectivity index (χ4v) is 1.64. The van der Waals surface area contributed by atoms with Crippen molar-refractivity contribution in [3.8, 4) is 0 Å². The molecule has 2 aromatic heterocycles. The molecule has 4 N–H and O–H groups in total. The lowest BCUT2D eigenvalue weighted by molar-refractivity contribution is 0.0947. The van der Waals surface area contributed by atoms with Crippen LogP contribution in [0, 0.1) is 0 Å². The monoisotopic (exact) mass is 264 g/mol. The second kappa shape index (κ2) is 5.51. The van der Waals surface area contributed by atoms with Gasteiger partial charge < -0.3 is 15.5 Å². The van der Waals surface area contributed by atoms with Gasteiger partial charge in [0.05, 0.1) is 0 Å². The number of anilines is 1. The van der Waals surface area contributed by atoms with Crippen molar-refractivity contribution >= 4 is 11.9 Å². The maximum absolute atomic E-state index is 11.9. The van der Waals surface area contributed by atoms with Gasteiger partial charge in [-0.2, -0.15) is 4.98 Å². The number of aromatic nitrogens is 4. The Labute approximate surface area is 109 Å². The Hall–Kier alpha value is -2.38. The zero-order valence-electron chi connectivity index (χ0n) is 10.8. The number of hydrogen-bond acceptors (Lipinski definition) is 6. The van der Waals surface area contributed by atoms with Crippen molar-refractivity contribution in [1.82, 2.24) is 25.5 Å². The Morgan fingerprint density at radius 1 is 1.58 bits per heavy atom. The average molecular weight is 264 g/mol. The second-order valence-corrected chi connectivity index (χ2v) is 4.37. The Bertz CT molecular complexity index is 559. The van der Waals surface area contributed by atoms with Gasteiger partial charge in [-0.1, -0.05) is 13.8 Å². The van der Waals surface area contributed by atoms with Gasteiger partial charge in [-0.15, -0.1) is 5.10 Å². The van der Waals surface area contributed by atoms with Crippen molar-refractivity contribution in [3.05, 3.63) is 23.7 Å². The Balaban J connectivity index is 1.89. The van der Waals surface area contributed by atoms with Crippen LogP contribution < -0.4 is 11.1 Å². The lowest BCUT2D eigenvalue weighted by Crippen LogP contribution is -2.27. The number of nitrogens with two attached hydrogens (primary N) is 1. The van der Waals surface area contributed by atoms with Gasteiger partial charge in [0.25, 0.3) is 5.91 Å². The van der Waals surface area contributed by atoms with E-state index in [-0.39, 0.29) is 17.8 Å². The van der Waals surface area contributed by atoms with Crippen molar-refractivity contribution in [2.24, 2.45) is 0 Å². The SMILES string of the molecule is CC(C)c1ocnc1C(=O)NCCc1nc(N)n[nH]1. The van der Waals surface area contributed by atoms with Crippen molar-refractivity contribution in [2.75, 3.05) is 12.3 Å². The highest BCUT2D eigenvalue weighted by Crippen LogP contribution is 2.17. The van der Waals surface area contributed by atoms with Crippen molar-refractivity contribution in [3.63, 3.8) is 0 Å². The summed E-state index contributed by atoms with van der Waals surface area (Å²) < 4.78 is 5.20. The van der Waals surface area contributed by atoms with Crippen LogP contribution >= 0.6 is 0 Å². The zero-order valence-corrected chi connectivity index (χ0v) is 10.8. The largest absolute Gasteiger partial charge is 0.447 e. The fourth-order valence-electron chi connectivity index (χ4n) is 1.64. The molecule has 19 heavy (non-hydrogen) atoms. The molecule has 0 saturated heterocycles. The third kappa shape index (κ3) is 3.09. The minimum atomic E-state index is -0.259. The molecule has 0 aliphatic heterocycles. The molecular weight excluding hydrogens is 248 g/mol. The Morgan fingerprint density at radius 3 is 3.00 bits per heavy atom. The van der Waals surface area contributed by atoms with E-state index < -0.39 is 0 Å². The van der Waals surface area contributed by atoms with Gasteiger partial charge in [0.2, 0.25) is 5.95 Å². The Kier molecular flexibility index (Phi) is 3.79. The lowest BCUT2D eigenvalue weighted by Gasteiger charge is -2.04. The van der Waals surface area contributed by atoms with Crippen LogP contribution in [-0.4, -0.2) is 32.6 Å². The van der Waals surface area contributed by atoms with E-state index in [1.165, 1.54) is 6.39 Å². The number of nitrogens with one attached hydrogen (secondary N) is 2. The van der Waals surface area contributed by atoms with Crippen LogP contribution in [-0.2, 0) is 6.42 Å². The molecule has 8 heteroatoms. The van der Waals surface area contributed by atoms with Crippen LogP contribution in [0.5, 0.6) is 0 Å². The van der Waals surface area contributed by atoms with E-state index in [1.807, 2.05) is 13.8 Å². The summed E-state index contributed by atoms with van der Waals surface area (Å²) >= 11 is 0. The summed E-state index contributed by atoms with van der Waals surface area (Å²) in [6, 6.07) is 0. The van der Waals surface area contributed by atoms with E-state index in [2.05, 4.69) is 25.5 Å². The molecule has 0 aliphatic carbocycles. The van der Waals surface area contributed by atoms with E-state index in [4.69, 9.17) is 10.2 Å². The fraction of sp³-hybridized carbons (Fsp3) is 0.455. The van der Waals surface area contributed by atoms with Crippen LogP contribution in [0.25, 0.3) is 0 Å². The quantitative estimate of drug-likeness (QED) is 0.721. The Morgan fingerprint density at radius 2 is 2.37 bits per heavy atom. The number of nitrogen functional groups attached to an aromatic ring is 1. The third-order valence-electron chi connectivity index (χ3n) is 2.53. The molecule has 0 saturated carbocycles. The molecule has 102 valence electrons. The van der Waals surface area contributed by atoms with E-state index >= 15 is 0 Å². The van der Waals surface area contributed by atoms with E-state index in [0.29, 0.717) is 30.2 Å². The maximum Gasteiger partial charge on any atom is 0.273 e.